The van der Waals surface area contributed by atoms with Gasteiger partial charge in [-0.15, -0.1) is 5.10 Å². The first kappa shape index (κ1) is 15.3. The highest BCUT2D eigenvalue weighted by atomic mass is 32.2. The standard InChI is InChI=1S/C17H15N5S/c1-12-4-3-5-13(2)16(12)22-17(19-20-21-22)23-11-15-8-6-14(10-18)7-9-15/h3-9H,11H2,1-2H3. The van der Waals surface area contributed by atoms with Crippen molar-refractivity contribution < 1.29 is 0 Å². The van der Waals surface area contributed by atoms with Gasteiger partial charge in [-0.1, -0.05) is 42.1 Å². The molecular weight excluding hydrogens is 306 g/mol. The van der Waals surface area contributed by atoms with Crippen LogP contribution in [0.1, 0.15) is 22.3 Å². The Morgan fingerprint density at radius 1 is 1.09 bits per heavy atom. The summed E-state index contributed by atoms with van der Waals surface area (Å²) in [6, 6.07) is 15.8. The van der Waals surface area contributed by atoms with Crippen LogP contribution in [-0.2, 0) is 5.75 Å². The first-order valence-electron chi connectivity index (χ1n) is 7.16. The van der Waals surface area contributed by atoms with Crippen molar-refractivity contribution in [2.24, 2.45) is 0 Å². The summed E-state index contributed by atoms with van der Waals surface area (Å²) in [6.45, 7) is 4.11. The third kappa shape index (κ3) is 3.25. The van der Waals surface area contributed by atoms with Crippen LogP contribution in [-0.4, -0.2) is 20.2 Å². The van der Waals surface area contributed by atoms with E-state index in [0.29, 0.717) is 5.56 Å². The molecule has 1 heterocycles. The molecule has 0 aliphatic heterocycles. The van der Waals surface area contributed by atoms with E-state index in [1.807, 2.05) is 30.3 Å². The molecule has 0 fully saturated rings. The van der Waals surface area contributed by atoms with E-state index in [2.05, 4.69) is 47.6 Å². The average molecular weight is 321 g/mol. The fourth-order valence-corrected chi connectivity index (χ4v) is 3.20. The lowest BCUT2D eigenvalue weighted by Gasteiger charge is -2.10. The van der Waals surface area contributed by atoms with Gasteiger partial charge < -0.3 is 0 Å². The van der Waals surface area contributed by atoms with Crippen molar-refractivity contribution in [2.45, 2.75) is 24.8 Å². The third-order valence-corrected chi connectivity index (χ3v) is 4.53. The highest BCUT2D eigenvalue weighted by Gasteiger charge is 2.13. The molecule has 114 valence electrons. The molecule has 1 aromatic heterocycles. The zero-order chi connectivity index (χ0) is 16.2. The number of tetrazole rings is 1. The van der Waals surface area contributed by atoms with Gasteiger partial charge in [0, 0.05) is 5.75 Å². The van der Waals surface area contributed by atoms with E-state index < -0.39 is 0 Å². The predicted octanol–water partition coefficient (Wildman–Crippen LogP) is 3.44. The van der Waals surface area contributed by atoms with Crippen LogP contribution in [0.15, 0.2) is 47.6 Å². The first-order valence-corrected chi connectivity index (χ1v) is 8.14. The molecule has 0 aliphatic carbocycles. The van der Waals surface area contributed by atoms with E-state index in [0.717, 1.165) is 33.3 Å². The van der Waals surface area contributed by atoms with Crippen LogP contribution in [0, 0.1) is 25.2 Å². The lowest BCUT2D eigenvalue weighted by Crippen LogP contribution is -2.04. The Bertz CT molecular complexity index is 841. The maximum atomic E-state index is 8.84. The van der Waals surface area contributed by atoms with Gasteiger partial charge in [0.2, 0.25) is 5.16 Å². The Labute approximate surface area is 139 Å². The molecule has 0 bridgehead atoms. The third-order valence-electron chi connectivity index (χ3n) is 3.54. The van der Waals surface area contributed by atoms with Gasteiger partial charge in [-0.2, -0.15) is 9.94 Å². The molecule has 2 aromatic carbocycles. The van der Waals surface area contributed by atoms with Crippen LogP contribution in [0.5, 0.6) is 0 Å². The minimum atomic E-state index is 0.666. The van der Waals surface area contributed by atoms with Gasteiger partial charge >= 0.3 is 0 Å². The molecule has 0 atom stereocenters. The second kappa shape index (κ2) is 6.63. The van der Waals surface area contributed by atoms with Crippen LogP contribution in [0.3, 0.4) is 0 Å². The number of rotatable bonds is 4. The van der Waals surface area contributed by atoms with Crippen LogP contribution >= 0.6 is 11.8 Å². The van der Waals surface area contributed by atoms with Crippen molar-refractivity contribution in [3.05, 3.63) is 64.7 Å². The number of aryl methyl sites for hydroxylation is 2. The van der Waals surface area contributed by atoms with Crippen molar-refractivity contribution in [1.29, 1.82) is 5.26 Å². The average Bonchev–Trinajstić information content (AvgIpc) is 3.01. The largest absolute Gasteiger partial charge is 0.214 e. The molecule has 0 spiro atoms. The topological polar surface area (TPSA) is 67.4 Å². The van der Waals surface area contributed by atoms with E-state index in [1.165, 1.54) is 0 Å². The first-order chi connectivity index (χ1) is 11.2. The van der Waals surface area contributed by atoms with Crippen molar-refractivity contribution in [2.75, 3.05) is 0 Å². The number of para-hydroxylation sites is 1. The zero-order valence-corrected chi connectivity index (χ0v) is 13.7. The SMILES string of the molecule is Cc1cccc(C)c1-n1nnnc1SCc1ccc(C#N)cc1. The molecule has 3 rings (SSSR count). The molecule has 6 heteroatoms. The quantitative estimate of drug-likeness (QED) is 0.689. The summed E-state index contributed by atoms with van der Waals surface area (Å²) in [4.78, 5) is 0. The van der Waals surface area contributed by atoms with Crippen LogP contribution in [0.4, 0.5) is 0 Å². The van der Waals surface area contributed by atoms with Crippen molar-refractivity contribution >= 4 is 11.8 Å². The van der Waals surface area contributed by atoms with Gasteiger partial charge in [-0.05, 0) is 53.1 Å². The van der Waals surface area contributed by atoms with Gasteiger partial charge in [0.25, 0.3) is 0 Å². The lowest BCUT2D eigenvalue weighted by atomic mass is 10.1. The minimum absolute atomic E-state index is 0.666. The Morgan fingerprint density at radius 3 is 2.43 bits per heavy atom. The number of aromatic nitrogens is 4. The van der Waals surface area contributed by atoms with E-state index >= 15 is 0 Å². The Hall–Kier alpha value is -2.65. The highest BCUT2D eigenvalue weighted by molar-refractivity contribution is 7.98. The summed E-state index contributed by atoms with van der Waals surface area (Å²) < 4.78 is 1.79. The summed E-state index contributed by atoms with van der Waals surface area (Å²) >= 11 is 1.58. The van der Waals surface area contributed by atoms with E-state index in [-0.39, 0.29) is 0 Å². The van der Waals surface area contributed by atoms with Crippen molar-refractivity contribution in [1.82, 2.24) is 20.2 Å². The monoisotopic (exact) mass is 321 g/mol. The summed E-state index contributed by atoms with van der Waals surface area (Å²) in [5.74, 6) is 0.747. The molecule has 0 amide bonds. The molecule has 0 N–H and O–H groups in total. The minimum Gasteiger partial charge on any atom is -0.192 e. The van der Waals surface area contributed by atoms with E-state index in [4.69, 9.17) is 5.26 Å². The Morgan fingerprint density at radius 2 is 1.78 bits per heavy atom. The van der Waals surface area contributed by atoms with Crippen LogP contribution < -0.4 is 0 Å². The highest BCUT2D eigenvalue weighted by Crippen LogP contribution is 2.25. The Balaban J connectivity index is 1.83. The number of hydrogen-bond donors (Lipinski definition) is 0. The van der Waals surface area contributed by atoms with Crippen molar-refractivity contribution in [3.63, 3.8) is 0 Å². The number of benzene rings is 2. The fraction of sp³-hybridized carbons (Fsp3) is 0.176. The second-order valence-corrected chi connectivity index (χ2v) is 6.15. The van der Waals surface area contributed by atoms with Crippen molar-refractivity contribution in [3.8, 4) is 11.8 Å². The number of thioether (sulfide) groups is 1. The summed E-state index contributed by atoms with van der Waals surface area (Å²) in [7, 11) is 0. The molecule has 3 aromatic rings. The van der Waals surface area contributed by atoms with Gasteiger partial charge in [0.1, 0.15) is 0 Å². The summed E-state index contributed by atoms with van der Waals surface area (Å²) in [5.41, 5.74) is 5.10. The second-order valence-electron chi connectivity index (χ2n) is 5.21. The van der Waals surface area contributed by atoms with Gasteiger partial charge in [-0.25, -0.2) is 0 Å². The Kier molecular flexibility index (Phi) is 4.40. The van der Waals surface area contributed by atoms with Gasteiger partial charge in [0.15, 0.2) is 0 Å². The van der Waals surface area contributed by atoms with Gasteiger partial charge in [-0.3, -0.25) is 0 Å². The predicted molar refractivity (Wildman–Crippen MR) is 89.3 cm³/mol. The lowest BCUT2D eigenvalue weighted by molar-refractivity contribution is 0.747. The number of nitriles is 1. The summed E-state index contributed by atoms with van der Waals surface area (Å²) in [6.07, 6.45) is 0. The van der Waals surface area contributed by atoms with E-state index in [1.54, 1.807) is 16.4 Å². The van der Waals surface area contributed by atoms with Crippen LogP contribution in [0.25, 0.3) is 5.69 Å². The molecule has 0 aliphatic rings. The molecular formula is C17H15N5S. The molecule has 0 saturated carbocycles. The molecule has 5 nitrogen and oxygen atoms in total. The molecule has 23 heavy (non-hydrogen) atoms. The zero-order valence-electron chi connectivity index (χ0n) is 12.9. The molecule has 0 unspecified atom stereocenters. The maximum absolute atomic E-state index is 8.84. The van der Waals surface area contributed by atoms with Crippen LogP contribution in [0.2, 0.25) is 0 Å². The molecule has 0 radical (unpaired) electrons. The fourth-order valence-electron chi connectivity index (χ4n) is 2.37. The normalized spacial score (nSPS) is 10.5. The maximum Gasteiger partial charge on any atom is 0.214 e. The summed E-state index contributed by atoms with van der Waals surface area (Å²) in [5, 5.41) is 21.7. The number of hydrogen-bond acceptors (Lipinski definition) is 5. The van der Waals surface area contributed by atoms with Gasteiger partial charge in [0.05, 0.1) is 17.3 Å². The smallest absolute Gasteiger partial charge is 0.192 e. The molecule has 0 saturated heterocycles. The van der Waals surface area contributed by atoms with E-state index in [9.17, 15) is 0 Å². The number of nitrogens with zero attached hydrogens (tertiary/aromatic N) is 5.